The van der Waals surface area contributed by atoms with E-state index in [9.17, 15) is 9.90 Å². The molecular weight excluding hydrogens is 285 g/mol. The summed E-state index contributed by atoms with van der Waals surface area (Å²) in [5, 5.41) is 13.2. The third-order valence-corrected chi connectivity index (χ3v) is 3.78. The Balaban J connectivity index is 2.32. The van der Waals surface area contributed by atoms with Gasteiger partial charge < -0.3 is 10.4 Å². The van der Waals surface area contributed by atoms with Gasteiger partial charge in [-0.3, -0.25) is 4.79 Å². The van der Waals surface area contributed by atoms with Gasteiger partial charge in [0.2, 0.25) is 5.91 Å². The van der Waals surface area contributed by atoms with Gasteiger partial charge in [-0.05, 0) is 30.9 Å². The Morgan fingerprint density at radius 3 is 2.84 bits per heavy atom. The van der Waals surface area contributed by atoms with E-state index < -0.39 is 0 Å². The Labute approximate surface area is 123 Å². The summed E-state index contributed by atoms with van der Waals surface area (Å²) in [6.07, 6.45) is 1.86. The Morgan fingerprint density at radius 1 is 1.42 bits per heavy atom. The van der Waals surface area contributed by atoms with Crippen LogP contribution in [-0.2, 0) is 11.2 Å². The Morgan fingerprint density at radius 2 is 2.16 bits per heavy atom. The molecule has 0 aliphatic carbocycles. The number of aliphatic hydroxyl groups is 1. The van der Waals surface area contributed by atoms with Crippen LogP contribution in [0.25, 0.3) is 0 Å². The lowest BCUT2D eigenvalue weighted by Crippen LogP contribution is -2.27. The quantitative estimate of drug-likeness (QED) is 0.812. The van der Waals surface area contributed by atoms with E-state index in [-0.39, 0.29) is 12.0 Å². The lowest BCUT2D eigenvalue weighted by Gasteiger charge is -2.09. The smallest absolute Gasteiger partial charge is 0.220 e. The predicted molar refractivity (Wildman–Crippen MR) is 78.7 cm³/mol. The molecule has 1 unspecified atom stereocenters. The molecule has 0 heterocycles. The largest absolute Gasteiger partial charge is 0.393 e. The number of amides is 1. The van der Waals surface area contributed by atoms with Crippen LogP contribution >= 0.6 is 23.2 Å². The van der Waals surface area contributed by atoms with Gasteiger partial charge in [0.05, 0.1) is 16.1 Å². The summed E-state index contributed by atoms with van der Waals surface area (Å²) in [5.41, 5.74) is 0.873. The molecule has 1 atom stereocenters. The normalized spacial score (nSPS) is 12.2. The van der Waals surface area contributed by atoms with Crippen molar-refractivity contribution in [1.29, 1.82) is 0 Å². The van der Waals surface area contributed by atoms with Crippen molar-refractivity contribution >= 4 is 29.1 Å². The van der Waals surface area contributed by atoms with Crippen molar-refractivity contribution < 1.29 is 9.90 Å². The topological polar surface area (TPSA) is 49.3 Å². The summed E-state index contributed by atoms with van der Waals surface area (Å²) in [7, 11) is 0. The highest BCUT2D eigenvalue weighted by Crippen LogP contribution is 2.26. The van der Waals surface area contributed by atoms with Crippen molar-refractivity contribution in [3.05, 3.63) is 33.8 Å². The average molecular weight is 304 g/mol. The summed E-state index contributed by atoms with van der Waals surface area (Å²) in [6.45, 7) is 2.41. The van der Waals surface area contributed by atoms with E-state index in [2.05, 4.69) is 5.32 Å². The summed E-state index contributed by atoms with van der Waals surface area (Å²) in [5.74, 6) is -0.0423. The second kappa shape index (κ2) is 8.41. The minimum Gasteiger partial charge on any atom is -0.393 e. The molecule has 0 radical (unpaired) electrons. The molecule has 0 fully saturated rings. The number of aliphatic hydroxyl groups excluding tert-OH is 1. The number of benzene rings is 1. The molecule has 0 saturated heterocycles. The van der Waals surface area contributed by atoms with Gasteiger partial charge in [-0.25, -0.2) is 0 Å². The molecule has 0 spiro atoms. The number of hydrogen-bond donors (Lipinski definition) is 2. The van der Waals surface area contributed by atoms with Crippen LogP contribution in [0.4, 0.5) is 0 Å². The summed E-state index contributed by atoms with van der Waals surface area (Å²) >= 11 is 11.9. The van der Waals surface area contributed by atoms with Gasteiger partial charge in [-0.1, -0.05) is 42.3 Å². The number of hydrogen-bond acceptors (Lipinski definition) is 2. The van der Waals surface area contributed by atoms with Crippen molar-refractivity contribution in [3.8, 4) is 0 Å². The van der Waals surface area contributed by atoms with Crippen LogP contribution in [-0.4, -0.2) is 23.7 Å². The van der Waals surface area contributed by atoms with Gasteiger partial charge in [-0.2, -0.15) is 0 Å². The fourth-order valence-corrected chi connectivity index (χ4v) is 2.08. The van der Waals surface area contributed by atoms with Crippen LogP contribution in [0.3, 0.4) is 0 Å². The molecule has 0 aliphatic heterocycles. The number of halogens is 2. The predicted octanol–water partition coefficient (Wildman–Crippen LogP) is 3.20. The van der Waals surface area contributed by atoms with Gasteiger partial charge in [0.25, 0.3) is 0 Å². The zero-order valence-corrected chi connectivity index (χ0v) is 12.5. The fraction of sp³-hybridized carbons (Fsp3) is 0.500. The molecule has 19 heavy (non-hydrogen) atoms. The number of rotatable bonds is 7. The van der Waals surface area contributed by atoms with Crippen molar-refractivity contribution in [1.82, 2.24) is 5.32 Å². The zero-order chi connectivity index (χ0) is 14.3. The first-order valence-corrected chi connectivity index (χ1v) is 7.17. The Bertz CT molecular complexity index is 424. The number of aryl methyl sites for hydroxylation is 1. The summed E-state index contributed by atoms with van der Waals surface area (Å²) in [6, 6.07) is 5.40. The van der Waals surface area contributed by atoms with E-state index in [0.29, 0.717) is 42.3 Å². The van der Waals surface area contributed by atoms with E-state index >= 15 is 0 Å². The summed E-state index contributed by atoms with van der Waals surface area (Å²) < 4.78 is 0. The average Bonchev–Trinajstić information content (AvgIpc) is 2.40. The fourth-order valence-electron chi connectivity index (χ4n) is 1.66. The lowest BCUT2D eigenvalue weighted by atomic mass is 10.1. The zero-order valence-electron chi connectivity index (χ0n) is 11.0. The van der Waals surface area contributed by atoms with Crippen LogP contribution < -0.4 is 5.32 Å². The third-order valence-electron chi connectivity index (χ3n) is 2.92. The molecule has 0 bridgehead atoms. The first-order valence-electron chi connectivity index (χ1n) is 6.42. The highest BCUT2D eigenvalue weighted by Gasteiger charge is 2.08. The summed E-state index contributed by atoms with van der Waals surface area (Å²) in [4.78, 5) is 11.6. The molecule has 106 valence electrons. The molecule has 1 aromatic rings. The molecule has 0 aliphatic rings. The second-order valence-electron chi connectivity index (χ2n) is 4.41. The molecular formula is C14H19Cl2NO2. The van der Waals surface area contributed by atoms with Crippen molar-refractivity contribution in [2.45, 2.75) is 38.7 Å². The van der Waals surface area contributed by atoms with Gasteiger partial charge in [0.1, 0.15) is 0 Å². The molecule has 5 heteroatoms. The van der Waals surface area contributed by atoms with Gasteiger partial charge in [-0.15, -0.1) is 0 Å². The van der Waals surface area contributed by atoms with Gasteiger partial charge >= 0.3 is 0 Å². The van der Waals surface area contributed by atoms with E-state index in [1.54, 1.807) is 6.07 Å². The maximum absolute atomic E-state index is 11.6. The van der Waals surface area contributed by atoms with Crippen LogP contribution in [0.15, 0.2) is 18.2 Å². The molecule has 2 N–H and O–H groups in total. The minimum atomic E-state index is -0.345. The molecule has 1 amide bonds. The lowest BCUT2D eigenvalue weighted by molar-refractivity contribution is -0.121. The maximum Gasteiger partial charge on any atom is 0.220 e. The Hall–Kier alpha value is -0.770. The monoisotopic (exact) mass is 303 g/mol. The number of nitrogens with one attached hydrogen (secondary N) is 1. The van der Waals surface area contributed by atoms with E-state index in [0.717, 1.165) is 5.56 Å². The van der Waals surface area contributed by atoms with Crippen LogP contribution in [0.5, 0.6) is 0 Å². The van der Waals surface area contributed by atoms with Gasteiger partial charge in [0.15, 0.2) is 0 Å². The number of carbonyl (C=O) groups excluding carboxylic acids is 1. The van der Waals surface area contributed by atoms with E-state index in [1.807, 2.05) is 19.1 Å². The third kappa shape index (κ3) is 5.81. The highest BCUT2D eigenvalue weighted by atomic mass is 35.5. The molecule has 1 rings (SSSR count). The first kappa shape index (κ1) is 16.3. The molecule has 0 aromatic heterocycles. The second-order valence-corrected chi connectivity index (χ2v) is 5.20. The van der Waals surface area contributed by atoms with Gasteiger partial charge in [0, 0.05) is 13.0 Å². The van der Waals surface area contributed by atoms with Crippen LogP contribution in [0, 0.1) is 0 Å². The standard InChI is InChI=1S/C14H19Cl2NO2/c1-2-11(18)8-9-17-13(19)7-6-10-4-3-5-12(15)14(10)16/h3-5,11,18H,2,6-9H2,1H3,(H,17,19). The molecule has 0 saturated carbocycles. The molecule has 3 nitrogen and oxygen atoms in total. The van der Waals surface area contributed by atoms with Crippen molar-refractivity contribution in [2.24, 2.45) is 0 Å². The minimum absolute atomic E-state index is 0.0423. The van der Waals surface area contributed by atoms with E-state index in [1.165, 1.54) is 0 Å². The Kier molecular flexibility index (Phi) is 7.21. The van der Waals surface area contributed by atoms with Crippen LogP contribution in [0.2, 0.25) is 10.0 Å². The van der Waals surface area contributed by atoms with E-state index in [4.69, 9.17) is 23.2 Å². The molecule has 1 aromatic carbocycles. The van der Waals surface area contributed by atoms with Crippen molar-refractivity contribution in [2.75, 3.05) is 6.54 Å². The van der Waals surface area contributed by atoms with Crippen molar-refractivity contribution in [3.63, 3.8) is 0 Å². The SMILES string of the molecule is CCC(O)CCNC(=O)CCc1cccc(Cl)c1Cl. The number of carbonyl (C=O) groups is 1. The maximum atomic E-state index is 11.6. The first-order chi connectivity index (χ1) is 9.04. The highest BCUT2D eigenvalue weighted by molar-refractivity contribution is 6.42. The van der Waals surface area contributed by atoms with Crippen LogP contribution in [0.1, 0.15) is 31.7 Å².